The van der Waals surface area contributed by atoms with Gasteiger partial charge in [0.15, 0.2) is 0 Å². The number of ether oxygens (including phenoxy) is 1. The summed E-state index contributed by atoms with van der Waals surface area (Å²) < 4.78 is 33.8. The van der Waals surface area contributed by atoms with Crippen LogP contribution in [0.25, 0.3) is 0 Å². The standard InChI is InChI=1S/C20H25N3O4S/c1-16-12-17(14-21-13-16)19(24)23-10-8-20(15-23,9-11-27-2)22-28(25,26)18-6-4-3-5-7-18/h3-7,12-14,22H,8-11,15H2,1-2H3. The average molecular weight is 404 g/mol. The smallest absolute Gasteiger partial charge is 0.255 e. The molecule has 8 heteroatoms. The predicted octanol–water partition coefficient (Wildman–Crippen LogP) is 1.99. The first kappa shape index (κ1) is 20.4. The number of amides is 1. The lowest BCUT2D eigenvalue weighted by molar-refractivity contribution is 0.0774. The van der Waals surface area contributed by atoms with Crippen LogP contribution in [0.3, 0.4) is 0 Å². The SMILES string of the molecule is COCCC1(NS(=O)(=O)c2ccccc2)CCN(C(=O)c2cncc(C)c2)C1. The van der Waals surface area contributed by atoms with Gasteiger partial charge in [-0.3, -0.25) is 9.78 Å². The molecule has 0 radical (unpaired) electrons. The first-order valence-corrected chi connectivity index (χ1v) is 10.6. The summed E-state index contributed by atoms with van der Waals surface area (Å²) in [5.74, 6) is -0.144. The van der Waals surface area contributed by atoms with Crippen molar-refractivity contribution in [2.24, 2.45) is 0 Å². The first-order valence-electron chi connectivity index (χ1n) is 9.14. The van der Waals surface area contributed by atoms with Crippen molar-refractivity contribution in [3.8, 4) is 0 Å². The molecule has 1 saturated heterocycles. The fourth-order valence-electron chi connectivity index (χ4n) is 3.48. The molecule has 0 spiro atoms. The zero-order valence-corrected chi connectivity index (χ0v) is 16.9. The minimum absolute atomic E-state index is 0.144. The van der Waals surface area contributed by atoms with E-state index < -0.39 is 15.6 Å². The van der Waals surface area contributed by atoms with E-state index in [0.717, 1.165) is 5.56 Å². The molecule has 28 heavy (non-hydrogen) atoms. The van der Waals surface area contributed by atoms with Crippen molar-refractivity contribution in [1.29, 1.82) is 0 Å². The number of aromatic nitrogens is 1. The highest BCUT2D eigenvalue weighted by molar-refractivity contribution is 7.89. The molecule has 1 N–H and O–H groups in total. The van der Waals surface area contributed by atoms with Crippen LogP contribution in [-0.2, 0) is 14.8 Å². The number of nitrogens with one attached hydrogen (secondary N) is 1. The third kappa shape index (κ3) is 4.57. The van der Waals surface area contributed by atoms with E-state index in [2.05, 4.69) is 9.71 Å². The van der Waals surface area contributed by atoms with Crippen LogP contribution in [0.15, 0.2) is 53.7 Å². The van der Waals surface area contributed by atoms with E-state index in [0.29, 0.717) is 31.6 Å². The van der Waals surface area contributed by atoms with E-state index in [1.807, 2.05) is 6.92 Å². The summed E-state index contributed by atoms with van der Waals surface area (Å²) in [5, 5.41) is 0. The van der Waals surface area contributed by atoms with Crippen LogP contribution >= 0.6 is 0 Å². The summed E-state index contributed by atoms with van der Waals surface area (Å²) in [5.41, 5.74) is 0.645. The third-order valence-electron chi connectivity index (χ3n) is 4.95. The number of methoxy groups -OCH3 is 1. The molecule has 1 aliphatic rings. The molecule has 2 aromatic rings. The number of likely N-dealkylation sites (tertiary alicyclic amines) is 1. The van der Waals surface area contributed by atoms with Gasteiger partial charge in [-0.25, -0.2) is 13.1 Å². The van der Waals surface area contributed by atoms with Crippen molar-refractivity contribution < 1.29 is 17.9 Å². The minimum atomic E-state index is -3.71. The topological polar surface area (TPSA) is 88.6 Å². The van der Waals surface area contributed by atoms with Crippen molar-refractivity contribution in [2.75, 3.05) is 26.8 Å². The van der Waals surface area contributed by atoms with Gasteiger partial charge in [0.05, 0.1) is 16.0 Å². The maximum atomic E-state index is 12.9. The second-order valence-corrected chi connectivity index (χ2v) is 8.85. The number of hydrogen-bond acceptors (Lipinski definition) is 5. The Hall–Kier alpha value is -2.29. The summed E-state index contributed by atoms with van der Waals surface area (Å²) in [6, 6.07) is 10.0. The number of rotatable bonds is 7. The molecule has 1 unspecified atom stereocenters. The van der Waals surface area contributed by atoms with Crippen LogP contribution in [0.2, 0.25) is 0 Å². The summed E-state index contributed by atoms with van der Waals surface area (Å²) in [6.45, 7) is 3.03. The van der Waals surface area contributed by atoms with E-state index in [-0.39, 0.29) is 17.3 Å². The zero-order valence-electron chi connectivity index (χ0n) is 16.1. The van der Waals surface area contributed by atoms with Crippen LogP contribution in [-0.4, -0.2) is 56.6 Å². The predicted molar refractivity (Wildman–Crippen MR) is 105 cm³/mol. The van der Waals surface area contributed by atoms with Gasteiger partial charge in [0.2, 0.25) is 10.0 Å². The molecule has 150 valence electrons. The lowest BCUT2D eigenvalue weighted by atomic mass is 9.96. The quantitative estimate of drug-likeness (QED) is 0.764. The number of benzene rings is 1. The minimum Gasteiger partial charge on any atom is -0.385 e. The van der Waals surface area contributed by atoms with E-state index in [4.69, 9.17) is 4.74 Å². The number of nitrogens with zero attached hydrogens (tertiary/aromatic N) is 2. The average Bonchev–Trinajstić information content (AvgIpc) is 3.10. The zero-order chi connectivity index (χ0) is 20.2. The molecule has 1 atom stereocenters. The fourth-order valence-corrected chi connectivity index (χ4v) is 4.95. The summed E-state index contributed by atoms with van der Waals surface area (Å²) in [6.07, 6.45) is 4.23. The van der Waals surface area contributed by atoms with E-state index in [1.165, 1.54) is 0 Å². The number of pyridine rings is 1. The summed E-state index contributed by atoms with van der Waals surface area (Å²) in [4.78, 5) is 18.8. The molecule has 1 aromatic carbocycles. The normalized spacial score (nSPS) is 19.7. The van der Waals surface area contributed by atoms with Gasteiger partial charge < -0.3 is 9.64 Å². The Balaban J connectivity index is 1.82. The van der Waals surface area contributed by atoms with Crippen molar-refractivity contribution in [2.45, 2.75) is 30.2 Å². The van der Waals surface area contributed by atoms with Crippen LogP contribution in [0.4, 0.5) is 0 Å². The van der Waals surface area contributed by atoms with Gasteiger partial charge in [-0.1, -0.05) is 18.2 Å². The molecule has 1 aliphatic heterocycles. The van der Waals surface area contributed by atoms with Crippen LogP contribution in [0.5, 0.6) is 0 Å². The van der Waals surface area contributed by atoms with Gasteiger partial charge in [-0.05, 0) is 43.5 Å². The van der Waals surface area contributed by atoms with E-state index in [1.54, 1.807) is 60.8 Å². The van der Waals surface area contributed by atoms with Gasteiger partial charge in [-0.15, -0.1) is 0 Å². The number of sulfonamides is 1. The highest BCUT2D eigenvalue weighted by Gasteiger charge is 2.43. The number of aryl methyl sites for hydroxylation is 1. The first-order chi connectivity index (χ1) is 13.4. The number of hydrogen-bond donors (Lipinski definition) is 1. The van der Waals surface area contributed by atoms with Crippen LogP contribution in [0, 0.1) is 6.92 Å². The molecule has 1 amide bonds. The molecular weight excluding hydrogens is 378 g/mol. The van der Waals surface area contributed by atoms with Gasteiger partial charge in [0, 0.05) is 39.2 Å². The third-order valence-corrected chi connectivity index (χ3v) is 6.55. The molecule has 0 bridgehead atoms. The van der Waals surface area contributed by atoms with Gasteiger partial charge in [-0.2, -0.15) is 0 Å². The van der Waals surface area contributed by atoms with Crippen molar-refractivity contribution in [1.82, 2.24) is 14.6 Å². The van der Waals surface area contributed by atoms with Gasteiger partial charge in [0.25, 0.3) is 5.91 Å². The lowest BCUT2D eigenvalue weighted by Gasteiger charge is -2.30. The number of carbonyl (C=O) groups is 1. The Morgan fingerprint density at radius 3 is 2.71 bits per heavy atom. The van der Waals surface area contributed by atoms with Crippen LogP contribution < -0.4 is 4.72 Å². The Morgan fingerprint density at radius 2 is 2.04 bits per heavy atom. The molecule has 1 aromatic heterocycles. The molecule has 0 aliphatic carbocycles. The van der Waals surface area contributed by atoms with Crippen molar-refractivity contribution >= 4 is 15.9 Å². The molecule has 1 fully saturated rings. The Morgan fingerprint density at radius 1 is 1.29 bits per heavy atom. The van der Waals surface area contributed by atoms with Gasteiger partial charge in [0.1, 0.15) is 0 Å². The Kier molecular flexibility index (Phi) is 6.12. The maximum Gasteiger partial charge on any atom is 0.255 e. The second kappa shape index (κ2) is 8.38. The fraction of sp³-hybridized carbons (Fsp3) is 0.400. The second-order valence-electron chi connectivity index (χ2n) is 7.17. The van der Waals surface area contributed by atoms with Crippen molar-refractivity contribution in [3.05, 3.63) is 59.9 Å². The largest absolute Gasteiger partial charge is 0.385 e. The molecular formula is C20H25N3O4S. The number of carbonyl (C=O) groups excluding carboxylic acids is 1. The molecule has 0 saturated carbocycles. The maximum absolute atomic E-state index is 12.9. The Bertz CT molecular complexity index is 933. The highest BCUT2D eigenvalue weighted by Crippen LogP contribution is 2.28. The monoisotopic (exact) mass is 403 g/mol. The molecule has 2 heterocycles. The molecule has 7 nitrogen and oxygen atoms in total. The lowest BCUT2D eigenvalue weighted by Crippen LogP contribution is -2.51. The van der Waals surface area contributed by atoms with Crippen molar-refractivity contribution in [3.63, 3.8) is 0 Å². The summed E-state index contributed by atoms with van der Waals surface area (Å²) >= 11 is 0. The summed E-state index contributed by atoms with van der Waals surface area (Å²) in [7, 11) is -2.13. The van der Waals surface area contributed by atoms with Crippen LogP contribution in [0.1, 0.15) is 28.8 Å². The Labute approximate surface area is 165 Å². The van der Waals surface area contributed by atoms with E-state index in [9.17, 15) is 13.2 Å². The highest BCUT2D eigenvalue weighted by atomic mass is 32.2. The van der Waals surface area contributed by atoms with Gasteiger partial charge >= 0.3 is 0 Å². The molecule has 3 rings (SSSR count). The van der Waals surface area contributed by atoms with E-state index >= 15 is 0 Å².